The predicted octanol–water partition coefficient (Wildman–Crippen LogP) is 4.61. The first kappa shape index (κ1) is 13.5. The Labute approximate surface area is 125 Å². The molecule has 0 bridgehead atoms. The number of anilines is 1. The van der Waals surface area contributed by atoms with E-state index < -0.39 is 4.92 Å². The highest BCUT2D eigenvalue weighted by molar-refractivity contribution is 6.30. The predicted molar refractivity (Wildman–Crippen MR) is 81.6 cm³/mol. The Morgan fingerprint density at radius 3 is 2.67 bits per heavy atom. The first-order valence-electron chi connectivity index (χ1n) is 6.30. The minimum atomic E-state index is -0.419. The molecule has 3 aromatic rings. The van der Waals surface area contributed by atoms with Crippen LogP contribution in [0.2, 0.25) is 5.22 Å². The van der Waals surface area contributed by atoms with E-state index in [2.05, 4.69) is 5.32 Å². The molecule has 1 N–H and O–H groups in total. The normalized spacial score (nSPS) is 10.7. The summed E-state index contributed by atoms with van der Waals surface area (Å²) in [4.78, 5) is 10.6. The molecule has 0 fully saturated rings. The summed E-state index contributed by atoms with van der Waals surface area (Å²) in [6.45, 7) is 0.348. The molecule has 1 heterocycles. The average molecular weight is 303 g/mol. The van der Waals surface area contributed by atoms with E-state index in [0.717, 1.165) is 10.9 Å². The zero-order valence-electron chi connectivity index (χ0n) is 10.9. The van der Waals surface area contributed by atoms with Gasteiger partial charge in [-0.3, -0.25) is 10.1 Å². The molecule has 3 rings (SSSR count). The van der Waals surface area contributed by atoms with E-state index in [4.69, 9.17) is 16.0 Å². The van der Waals surface area contributed by atoms with Crippen LogP contribution in [-0.4, -0.2) is 4.92 Å². The first-order chi connectivity index (χ1) is 10.2. The highest BCUT2D eigenvalue weighted by atomic mass is 35.5. The molecule has 0 aliphatic heterocycles. The summed E-state index contributed by atoms with van der Waals surface area (Å²) < 4.78 is 5.46. The highest BCUT2D eigenvalue weighted by Crippen LogP contribution is 2.31. The molecule has 0 aliphatic carbocycles. The molecule has 0 atom stereocenters. The third-order valence-corrected chi connectivity index (χ3v) is 3.51. The summed E-state index contributed by atoms with van der Waals surface area (Å²) in [5.74, 6) is 0. The summed E-state index contributed by atoms with van der Waals surface area (Å²) in [6.07, 6.45) is 0. The van der Waals surface area contributed by atoms with Gasteiger partial charge >= 0.3 is 0 Å². The van der Waals surface area contributed by atoms with Crippen LogP contribution in [0.4, 0.5) is 11.4 Å². The second kappa shape index (κ2) is 5.46. The molecule has 0 aliphatic rings. The van der Waals surface area contributed by atoms with Gasteiger partial charge in [0.05, 0.1) is 4.92 Å². The van der Waals surface area contributed by atoms with Crippen molar-refractivity contribution in [2.24, 2.45) is 0 Å². The SMILES string of the molecule is O=[N+]([O-])c1ccccc1NCc1c(Cl)oc2ccccc12. The molecule has 0 amide bonds. The van der Waals surface area contributed by atoms with Crippen LogP contribution in [-0.2, 0) is 6.54 Å². The molecule has 1 aromatic heterocycles. The van der Waals surface area contributed by atoms with Gasteiger partial charge in [-0.2, -0.15) is 0 Å². The summed E-state index contributed by atoms with van der Waals surface area (Å²) >= 11 is 6.10. The molecule has 5 nitrogen and oxygen atoms in total. The van der Waals surface area contributed by atoms with E-state index >= 15 is 0 Å². The van der Waals surface area contributed by atoms with Crippen molar-refractivity contribution in [3.63, 3.8) is 0 Å². The molecule has 6 heteroatoms. The second-order valence-electron chi connectivity index (χ2n) is 4.48. The monoisotopic (exact) mass is 302 g/mol. The quantitative estimate of drug-likeness (QED) is 0.564. The standard InChI is InChI=1S/C15H11ClN2O3/c16-15-11(10-5-1-4-8-14(10)21-15)9-17-12-6-2-3-7-13(12)18(19)20/h1-8,17H,9H2. The van der Waals surface area contributed by atoms with Gasteiger partial charge in [0, 0.05) is 23.6 Å². The van der Waals surface area contributed by atoms with Crippen LogP contribution in [0.1, 0.15) is 5.56 Å². The minimum Gasteiger partial charge on any atom is -0.444 e. The Morgan fingerprint density at radius 2 is 1.86 bits per heavy atom. The van der Waals surface area contributed by atoms with E-state index in [1.807, 2.05) is 24.3 Å². The molecule has 2 aromatic carbocycles. The Bertz CT molecular complexity index is 814. The van der Waals surface area contributed by atoms with Crippen molar-refractivity contribution in [1.29, 1.82) is 0 Å². The van der Waals surface area contributed by atoms with Crippen molar-refractivity contribution in [2.75, 3.05) is 5.32 Å². The lowest BCUT2D eigenvalue weighted by Gasteiger charge is -2.06. The number of hydrogen-bond acceptors (Lipinski definition) is 4. The van der Waals surface area contributed by atoms with Gasteiger partial charge in [0.2, 0.25) is 0 Å². The lowest BCUT2D eigenvalue weighted by Crippen LogP contribution is -2.02. The minimum absolute atomic E-state index is 0.0291. The van der Waals surface area contributed by atoms with Gasteiger partial charge in [-0.25, -0.2) is 0 Å². The third-order valence-electron chi connectivity index (χ3n) is 3.21. The first-order valence-corrected chi connectivity index (χ1v) is 6.68. The van der Waals surface area contributed by atoms with Crippen molar-refractivity contribution in [3.05, 3.63) is 69.4 Å². The summed E-state index contributed by atoms with van der Waals surface area (Å²) in [7, 11) is 0. The molecule has 0 spiro atoms. The maximum atomic E-state index is 11.0. The number of para-hydroxylation sites is 3. The molecule has 0 unspecified atom stereocenters. The number of furan rings is 1. The number of fused-ring (bicyclic) bond motifs is 1. The maximum Gasteiger partial charge on any atom is 0.292 e. The Balaban J connectivity index is 1.91. The number of benzene rings is 2. The van der Waals surface area contributed by atoms with E-state index in [9.17, 15) is 10.1 Å². The van der Waals surface area contributed by atoms with Gasteiger partial charge in [-0.05, 0) is 23.7 Å². The van der Waals surface area contributed by atoms with Crippen molar-refractivity contribution in [2.45, 2.75) is 6.54 Å². The fourth-order valence-corrected chi connectivity index (χ4v) is 2.45. The lowest BCUT2D eigenvalue weighted by atomic mass is 10.1. The van der Waals surface area contributed by atoms with E-state index in [1.165, 1.54) is 6.07 Å². The van der Waals surface area contributed by atoms with Crippen LogP contribution < -0.4 is 5.32 Å². The number of hydrogen-bond donors (Lipinski definition) is 1. The van der Waals surface area contributed by atoms with Gasteiger partial charge < -0.3 is 9.73 Å². The number of rotatable bonds is 4. The zero-order valence-corrected chi connectivity index (χ0v) is 11.6. The number of nitro groups is 1. The highest BCUT2D eigenvalue weighted by Gasteiger charge is 2.15. The summed E-state index contributed by atoms with van der Waals surface area (Å²) in [5, 5.41) is 15.2. The topological polar surface area (TPSA) is 68.3 Å². The zero-order chi connectivity index (χ0) is 14.8. The second-order valence-corrected chi connectivity index (χ2v) is 4.82. The van der Waals surface area contributed by atoms with Crippen LogP contribution in [0.5, 0.6) is 0 Å². The van der Waals surface area contributed by atoms with Crippen molar-refractivity contribution < 1.29 is 9.34 Å². The molecular weight excluding hydrogens is 292 g/mol. The molecular formula is C15H11ClN2O3. The lowest BCUT2D eigenvalue weighted by molar-refractivity contribution is -0.384. The van der Waals surface area contributed by atoms with Gasteiger partial charge in [0.15, 0.2) is 5.22 Å². The Morgan fingerprint density at radius 1 is 1.14 bits per heavy atom. The van der Waals surface area contributed by atoms with Crippen molar-refractivity contribution >= 4 is 33.9 Å². The maximum absolute atomic E-state index is 11.0. The smallest absolute Gasteiger partial charge is 0.292 e. The Hall–Kier alpha value is -2.53. The van der Waals surface area contributed by atoms with Gasteiger partial charge in [0.1, 0.15) is 11.3 Å². The van der Waals surface area contributed by atoms with E-state index in [1.54, 1.807) is 18.2 Å². The van der Waals surface area contributed by atoms with Crippen LogP contribution in [0, 0.1) is 10.1 Å². The number of nitro benzene ring substituents is 1. The molecule has 0 saturated heterocycles. The summed E-state index contributed by atoms with van der Waals surface area (Å²) in [6, 6.07) is 14.0. The van der Waals surface area contributed by atoms with Gasteiger partial charge in [0.25, 0.3) is 5.69 Å². The molecule has 106 valence electrons. The van der Waals surface area contributed by atoms with E-state index in [-0.39, 0.29) is 5.69 Å². The number of nitrogens with zero attached hydrogens (tertiary/aromatic N) is 1. The van der Waals surface area contributed by atoms with Crippen LogP contribution in [0.25, 0.3) is 11.0 Å². The van der Waals surface area contributed by atoms with Crippen LogP contribution in [0.15, 0.2) is 52.9 Å². The number of halogens is 1. The van der Waals surface area contributed by atoms with Crippen molar-refractivity contribution in [1.82, 2.24) is 0 Å². The van der Waals surface area contributed by atoms with Crippen LogP contribution >= 0.6 is 11.6 Å². The largest absolute Gasteiger partial charge is 0.444 e. The third kappa shape index (κ3) is 2.55. The van der Waals surface area contributed by atoms with Crippen LogP contribution in [0.3, 0.4) is 0 Å². The fraction of sp³-hybridized carbons (Fsp3) is 0.0667. The summed E-state index contributed by atoms with van der Waals surface area (Å²) in [5.41, 5.74) is 1.96. The molecule has 0 saturated carbocycles. The molecule has 0 radical (unpaired) electrons. The average Bonchev–Trinajstić information content (AvgIpc) is 2.81. The van der Waals surface area contributed by atoms with Gasteiger partial charge in [-0.1, -0.05) is 30.3 Å². The van der Waals surface area contributed by atoms with Gasteiger partial charge in [-0.15, -0.1) is 0 Å². The Kier molecular flexibility index (Phi) is 3.50. The number of nitrogens with one attached hydrogen (secondary N) is 1. The molecule has 21 heavy (non-hydrogen) atoms. The fourth-order valence-electron chi connectivity index (χ4n) is 2.20. The van der Waals surface area contributed by atoms with Crippen molar-refractivity contribution in [3.8, 4) is 0 Å². The van der Waals surface area contributed by atoms with E-state index in [0.29, 0.717) is 23.0 Å².